The summed E-state index contributed by atoms with van der Waals surface area (Å²) in [6.45, 7) is 2.37. The van der Waals surface area contributed by atoms with E-state index >= 15 is 0 Å². The van der Waals surface area contributed by atoms with Crippen LogP contribution < -0.4 is 10.5 Å². The van der Waals surface area contributed by atoms with Gasteiger partial charge in [0, 0.05) is 11.6 Å². The van der Waals surface area contributed by atoms with Gasteiger partial charge in [0.25, 0.3) is 0 Å². The fraction of sp³-hybridized carbons (Fsp3) is 0.294. The molecule has 24 heavy (non-hydrogen) atoms. The highest BCUT2D eigenvalue weighted by molar-refractivity contribution is 7.89. The standard InChI is InChI=1S/C17H20Cl2N2O2S/c1-12-5-7-13(8-6-12)4-2-3-9-21-24(22,23)17-15(19)10-14(18)11-16(17)20/h5-8,10-11,21H,2-4,9,20H2,1H3. The third-order valence-electron chi connectivity index (χ3n) is 3.61. The maximum atomic E-state index is 12.3. The average molecular weight is 387 g/mol. The number of halogens is 2. The van der Waals surface area contributed by atoms with Gasteiger partial charge in [-0.1, -0.05) is 53.0 Å². The molecule has 0 bridgehead atoms. The van der Waals surface area contributed by atoms with Crippen LogP contribution in [0.2, 0.25) is 10.0 Å². The monoisotopic (exact) mass is 386 g/mol. The van der Waals surface area contributed by atoms with Crippen LogP contribution in [0.3, 0.4) is 0 Å². The molecule has 0 amide bonds. The van der Waals surface area contributed by atoms with Gasteiger partial charge >= 0.3 is 0 Å². The predicted octanol–water partition coefficient (Wildman–Crippen LogP) is 4.19. The van der Waals surface area contributed by atoms with E-state index in [9.17, 15) is 8.42 Å². The van der Waals surface area contributed by atoms with E-state index in [0.29, 0.717) is 11.6 Å². The van der Waals surface area contributed by atoms with Gasteiger partial charge in [0.05, 0.1) is 10.7 Å². The van der Waals surface area contributed by atoms with Crippen molar-refractivity contribution in [2.45, 2.75) is 31.1 Å². The van der Waals surface area contributed by atoms with E-state index in [4.69, 9.17) is 28.9 Å². The Morgan fingerprint density at radius 2 is 1.75 bits per heavy atom. The molecule has 0 unspecified atom stereocenters. The lowest BCUT2D eigenvalue weighted by atomic mass is 10.1. The topological polar surface area (TPSA) is 72.2 Å². The van der Waals surface area contributed by atoms with Crippen LogP contribution in [-0.4, -0.2) is 15.0 Å². The largest absolute Gasteiger partial charge is 0.398 e. The van der Waals surface area contributed by atoms with Gasteiger partial charge in [0.1, 0.15) is 4.90 Å². The molecule has 0 atom stereocenters. The molecule has 3 N–H and O–H groups in total. The van der Waals surface area contributed by atoms with E-state index < -0.39 is 10.0 Å². The van der Waals surface area contributed by atoms with Crippen molar-refractivity contribution in [3.8, 4) is 0 Å². The lowest BCUT2D eigenvalue weighted by molar-refractivity contribution is 0.577. The van der Waals surface area contributed by atoms with Crippen molar-refractivity contribution in [2.24, 2.45) is 0 Å². The molecular formula is C17H20Cl2N2O2S. The maximum absolute atomic E-state index is 12.3. The molecule has 0 aromatic heterocycles. The van der Waals surface area contributed by atoms with Crippen molar-refractivity contribution in [3.63, 3.8) is 0 Å². The van der Waals surface area contributed by atoms with Gasteiger partial charge < -0.3 is 5.73 Å². The first-order valence-corrected chi connectivity index (χ1v) is 9.83. The van der Waals surface area contributed by atoms with E-state index in [0.717, 1.165) is 19.3 Å². The number of rotatable bonds is 7. The first-order valence-electron chi connectivity index (χ1n) is 7.59. The molecular weight excluding hydrogens is 367 g/mol. The average Bonchev–Trinajstić information content (AvgIpc) is 2.47. The van der Waals surface area contributed by atoms with Crippen LogP contribution in [0.15, 0.2) is 41.3 Å². The van der Waals surface area contributed by atoms with Gasteiger partial charge in [0.2, 0.25) is 10.0 Å². The summed E-state index contributed by atoms with van der Waals surface area (Å²) < 4.78 is 27.2. The molecule has 0 saturated heterocycles. The summed E-state index contributed by atoms with van der Waals surface area (Å²) in [6, 6.07) is 11.1. The SMILES string of the molecule is Cc1ccc(CCCCNS(=O)(=O)c2c(N)cc(Cl)cc2Cl)cc1. The Bertz CT molecular complexity index is 783. The predicted molar refractivity (Wildman–Crippen MR) is 100 cm³/mol. The Labute approximate surface area is 153 Å². The number of nitrogen functional groups attached to an aromatic ring is 1. The highest BCUT2D eigenvalue weighted by Gasteiger charge is 2.21. The molecule has 0 aliphatic rings. The Kier molecular flexibility index (Phi) is 6.52. The number of hydrogen-bond acceptors (Lipinski definition) is 3. The van der Waals surface area contributed by atoms with Crippen molar-refractivity contribution in [1.82, 2.24) is 4.72 Å². The number of benzene rings is 2. The first-order chi connectivity index (χ1) is 11.3. The third kappa shape index (κ3) is 5.11. The molecule has 2 aromatic carbocycles. The minimum atomic E-state index is -3.75. The summed E-state index contributed by atoms with van der Waals surface area (Å²) in [5.41, 5.74) is 8.25. The quantitative estimate of drug-likeness (QED) is 0.553. The summed E-state index contributed by atoms with van der Waals surface area (Å²) in [5.74, 6) is 0. The molecule has 0 radical (unpaired) electrons. The number of aryl methyl sites for hydroxylation is 2. The fourth-order valence-electron chi connectivity index (χ4n) is 2.35. The second-order valence-electron chi connectivity index (χ2n) is 5.65. The zero-order valence-corrected chi connectivity index (χ0v) is 15.7. The van der Waals surface area contributed by atoms with E-state index in [1.807, 2.05) is 6.92 Å². The second-order valence-corrected chi connectivity index (χ2v) is 8.19. The van der Waals surface area contributed by atoms with Gasteiger partial charge in [-0.3, -0.25) is 0 Å². The van der Waals surface area contributed by atoms with Gasteiger partial charge in [-0.05, 0) is 43.9 Å². The van der Waals surface area contributed by atoms with Crippen LogP contribution in [0.25, 0.3) is 0 Å². The van der Waals surface area contributed by atoms with E-state index in [1.165, 1.54) is 23.3 Å². The van der Waals surface area contributed by atoms with Crippen LogP contribution in [0, 0.1) is 6.92 Å². The lowest BCUT2D eigenvalue weighted by Gasteiger charge is -2.11. The molecule has 0 aliphatic carbocycles. The Balaban J connectivity index is 1.88. The highest BCUT2D eigenvalue weighted by atomic mass is 35.5. The summed E-state index contributed by atoms with van der Waals surface area (Å²) in [7, 11) is -3.75. The highest BCUT2D eigenvalue weighted by Crippen LogP contribution is 2.30. The van der Waals surface area contributed by atoms with Crippen LogP contribution in [0.4, 0.5) is 5.69 Å². The van der Waals surface area contributed by atoms with Crippen molar-refractivity contribution in [3.05, 3.63) is 57.6 Å². The zero-order chi connectivity index (χ0) is 17.7. The van der Waals surface area contributed by atoms with Gasteiger partial charge in [-0.15, -0.1) is 0 Å². The fourth-order valence-corrected chi connectivity index (χ4v) is 4.41. The summed E-state index contributed by atoms with van der Waals surface area (Å²) in [6.07, 6.45) is 2.51. The summed E-state index contributed by atoms with van der Waals surface area (Å²) in [4.78, 5) is -0.118. The number of hydrogen-bond donors (Lipinski definition) is 2. The van der Waals surface area contributed by atoms with Crippen LogP contribution in [0.5, 0.6) is 0 Å². The summed E-state index contributed by atoms with van der Waals surface area (Å²) in [5, 5.41) is 0.321. The number of sulfonamides is 1. The molecule has 0 heterocycles. The number of nitrogens with two attached hydrogens (primary N) is 1. The van der Waals surface area contributed by atoms with E-state index in [2.05, 4.69) is 29.0 Å². The van der Waals surface area contributed by atoms with E-state index in [1.54, 1.807) is 0 Å². The second kappa shape index (κ2) is 8.21. The normalized spacial score (nSPS) is 11.6. The van der Waals surface area contributed by atoms with Gasteiger partial charge in [-0.25, -0.2) is 13.1 Å². The Morgan fingerprint density at radius 3 is 2.38 bits per heavy atom. The Morgan fingerprint density at radius 1 is 1.08 bits per heavy atom. The van der Waals surface area contributed by atoms with Crippen molar-refractivity contribution in [2.75, 3.05) is 12.3 Å². The minimum Gasteiger partial charge on any atom is -0.398 e. The van der Waals surface area contributed by atoms with Crippen LogP contribution in [-0.2, 0) is 16.4 Å². The van der Waals surface area contributed by atoms with Crippen molar-refractivity contribution >= 4 is 38.9 Å². The molecule has 4 nitrogen and oxygen atoms in total. The first kappa shape index (κ1) is 19.1. The van der Waals surface area contributed by atoms with Crippen LogP contribution in [0.1, 0.15) is 24.0 Å². The summed E-state index contributed by atoms with van der Waals surface area (Å²) >= 11 is 11.8. The number of unbranched alkanes of at least 4 members (excludes halogenated alkanes) is 1. The van der Waals surface area contributed by atoms with Crippen molar-refractivity contribution < 1.29 is 8.42 Å². The van der Waals surface area contributed by atoms with E-state index in [-0.39, 0.29) is 15.6 Å². The minimum absolute atomic E-state index is 0.0205. The smallest absolute Gasteiger partial charge is 0.244 e. The molecule has 130 valence electrons. The zero-order valence-electron chi connectivity index (χ0n) is 13.4. The molecule has 7 heteroatoms. The number of nitrogens with one attached hydrogen (secondary N) is 1. The van der Waals surface area contributed by atoms with Gasteiger partial charge in [0.15, 0.2) is 0 Å². The maximum Gasteiger partial charge on any atom is 0.244 e. The van der Waals surface area contributed by atoms with Crippen LogP contribution >= 0.6 is 23.2 Å². The third-order valence-corrected chi connectivity index (χ3v) is 5.82. The van der Waals surface area contributed by atoms with Crippen molar-refractivity contribution in [1.29, 1.82) is 0 Å². The Hall–Kier alpha value is -1.27. The molecule has 2 aromatic rings. The molecule has 2 rings (SSSR count). The van der Waals surface area contributed by atoms with Gasteiger partial charge in [-0.2, -0.15) is 0 Å². The number of anilines is 1. The molecule has 0 saturated carbocycles. The molecule has 0 aliphatic heterocycles. The molecule has 0 spiro atoms. The lowest BCUT2D eigenvalue weighted by Crippen LogP contribution is -2.26. The molecule has 0 fully saturated rings.